The van der Waals surface area contributed by atoms with Crippen LogP contribution < -0.4 is 10.6 Å². The van der Waals surface area contributed by atoms with Crippen molar-refractivity contribution >= 4 is 28.3 Å². The van der Waals surface area contributed by atoms with E-state index < -0.39 is 0 Å². The lowest BCUT2D eigenvalue weighted by atomic mass is 10.2. The Bertz CT molecular complexity index is 775. The molecule has 0 aliphatic carbocycles. The van der Waals surface area contributed by atoms with Crippen LogP contribution in [0.25, 0.3) is 10.9 Å². The van der Waals surface area contributed by atoms with E-state index in [0.29, 0.717) is 13.1 Å². The van der Waals surface area contributed by atoms with Crippen molar-refractivity contribution in [3.8, 4) is 0 Å². The fourth-order valence-electron chi connectivity index (χ4n) is 2.40. The number of aromatic nitrogens is 2. The number of para-hydroxylation sites is 1. The quantitative estimate of drug-likeness (QED) is 0.670. The SMILES string of the molecule is Cc1cnc([C@@H](C)CNC(=O)NCc2cc3ccccc3[nH]2)s1. The molecule has 0 saturated carbocycles. The van der Waals surface area contributed by atoms with Gasteiger partial charge in [-0.3, -0.25) is 0 Å². The molecule has 0 spiro atoms. The molecule has 5 nitrogen and oxygen atoms in total. The third-order valence-corrected chi connectivity index (χ3v) is 4.80. The third kappa shape index (κ3) is 3.90. The normalized spacial score (nSPS) is 12.3. The van der Waals surface area contributed by atoms with Crippen LogP contribution in [-0.2, 0) is 6.54 Å². The summed E-state index contributed by atoms with van der Waals surface area (Å²) >= 11 is 1.67. The van der Waals surface area contributed by atoms with Crippen LogP contribution in [0.4, 0.5) is 4.79 Å². The van der Waals surface area contributed by atoms with Crippen molar-refractivity contribution in [2.75, 3.05) is 6.54 Å². The smallest absolute Gasteiger partial charge is 0.315 e. The average molecular weight is 328 g/mol. The van der Waals surface area contributed by atoms with Gasteiger partial charge in [-0.05, 0) is 24.4 Å². The number of amides is 2. The molecule has 3 rings (SSSR count). The largest absolute Gasteiger partial charge is 0.357 e. The van der Waals surface area contributed by atoms with Gasteiger partial charge in [0.05, 0.1) is 11.6 Å². The number of fused-ring (bicyclic) bond motifs is 1. The third-order valence-electron chi connectivity index (χ3n) is 3.65. The van der Waals surface area contributed by atoms with Crippen molar-refractivity contribution in [2.45, 2.75) is 26.3 Å². The van der Waals surface area contributed by atoms with Crippen LogP contribution in [0.2, 0.25) is 0 Å². The summed E-state index contributed by atoms with van der Waals surface area (Å²) in [5.74, 6) is 0.215. The maximum absolute atomic E-state index is 11.9. The first-order chi connectivity index (χ1) is 11.1. The van der Waals surface area contributed by atoms with Crippen LogP contribution >= 0.6 is 11.3 Å². The molecule has 2 aromatic heterocycles. The number of hydrogen-bond acceptors (Lipinski definition) is 3. The average Bonchev–Trinajstić information content (AvgIpc) is 3.16. The zero-order valence-corrected chi connectivity index (χ0v) is 14.0. The van der Waals surface area contributed by atoms with Gasteiger partial charge in [-0.1, -0.05) is 25.1 Å². The molecule has 2 heterocycles. The molecule has 6 heteroatoms. The van der Waals surface area contributed by atoms with Crippen LogP contribution in [0.15, 0.2) is 36.5 Å². The summed E-state index contributed by atoms with van der Waals surface area (Å²) in [7, 11) is 0. The number of nitrogens with zero attached hydrogens (tertiary/aromatic N) is 1. The standard InChI is InChI=1S/C17H20N4OS/c1-11(16-18-9-12(2)23-16)8-19-17(22)20-10-14-7-13-5-3-4-6-15(13)21-14/h3-7,9,11,21H,8,10H2,1-2H3,(H2,19,20,22)/t11-/m0/s1. The maximum atomic E-state index is 11.9. The lowest BCUT2D eigenvalue weighted by molar-refractivity contribution is 0.240. The highest BCUT2D eigenvalue weighted by molar-refractivity contribution is 7.11. The first-order valence-corrected chi connectivity index (χ1v) is 8.44. The number of thiazole rings is 1. The number of rotatable bonds is 5. The Kier molecular flexibility index (Phi) is 4.62. The molecule has 0 unspecified atom stereocenters. The summed E-state index contributed by atoms with van der Waals surface area (Å²) in [6.45, 7) is 5.15. The number of nitrogens with one attached hydrogen (secondary N) is 3. The van der Waals surface area contributed by atoms with Crippen molar-refractivity contribution in [1.82, 2.24) is 20.6 Å². The van der Waals surface area contributed by atoms with Crippen LogP contribution in [0.1, 0.15) is 28.4 Å². The molecule has 0 aliphatic rings. The minimum atomic E-state index is -0.163. The molecule has 23 heavy (non-hydrogen) atoms. The van der Waals surface area contributed by atoms with Crippen molar-refractivity contribution in [3.63, 3.8) is 0 Å². The minimum absolute atomic E-state index is 0.163. The molecule has 2 amide bonds. The summed E-state index contributed by atoms with van der Waals surface area (Å²) in [5.41, 5.74) is 2.07. The van der Waals surface area contributed by atoms with Crippen LogP contribution in [0, 0.1) is 6.92 Å². The van der Waals surface area contributed by atoms with Gasteiger partial charge in [0.1, 0.15) is 0 Å². The van der Waals surface area contributed by atoms with Crippen molar-refractivity contribution in [1.29, 1.82) is 0 Å². The lowest BCUT2D eigenvalue weighted by Crippen LogP contribution is -2.37. The molecule has 3 N–H and O–H groups in total. The molecular formula is C17H20N4OS. The second kappa shape index (κ2) is 6.83. The highest BCUT2D eigenvalue weighted by Crippen LogP contribution is 2.20. The number of hydrogen-bond donors (Lipinski definition) is 3. The number of aryl methyl sites for hydroxylation is 1. The molecule has 1 aromatic carbocycles. The van der Waals surface area contributed by atoms with Gasteiger partial charge in [-0.2, -0.15) is 0 Å². The number of urea groups is 1. The molecule has 0 bridgehead atoms. The summed E-state index contributed by atoms with van der Waals surface area (Å²) in [4.78, 5) is 20.8. The first-order valence-electron chi connectivity index (χ1n) is 7.62. The Hall–Kier alpha value is -2.34. The van der Waals surface area contributed by atoms with Crippen LogP contribution in [0.5, 0.6) is 0 Å². The predicted octanol–water partition coefficient (Wildman–Crippen LogP) is 3.54. The van der Waals surface area contributed by atoms with Crippen molar-refractivity contribution in [3.05, 3.63) is 52.1 Å². The highest BCUT2D eigenvalue weighted by atomic mass is 32.1. The molecule has 0 fully saturated rings. The van der Waals surface area contributed by atoms with Crippen molar-refractivity contribution < 1.29 is 4.79 Å². The molecule has 0 radical (unpaired) electrons. The molecule has 1 atom stereocenters. The number of carbonyl (C=O) groups is 1. The Labute approximate surface area is 139 Å². The van der Waals surface area contributed by atoms with Gasteiger partial charge in [0, 0.05) is 34.7 Å². The summed E-state index contributed by atoms with van der Waals surface area (Å²) in [5, 5.41) is 7.98. The number of H-pyrrole nitrogens is 1. The second-order valence-electron chi connectivity index (χ2n) is 5.66. The van der Waals surface area contributed by atoms with Gasteiger partial charge in [-0.15, -0.1) is 11.3 Å². The van der Waals surface area contributed by atoms with E-state index in [9.17, 15) is 4.79 Å². The van der Waals surface area contributed by atoms with Crippen LogP contribution in [-0.4, -0.2) is 22.5 Å². The Morgan fingerprint density at radius 1 is 1.35 bits per heavy atom. The minimum Gasteiger partial charge on any atom is -0.357 e. The van der Waals surface area contributed by atoms with E-state index in [2.05, 4.69) is 33.6 Å². The topological polar surface area (TPSA) is 69.8 Å². The molecule has 120 valence electrons. The Morgan fingerprint density at radius 3 is 2.91 bits per heavy atom. The number of benzene rings is 1. The molecule has 0 saturated heterocycles. The van der Waals surface area contributed by atoms with Gasteiger partial charge in [-0.25, -0.2) is 9.78 Å². The van der Waals surface area contributed by atoms with Gasteiger partial charge < -0.3 is 15.6 Å². The summed E-state index contributed by atoms with van der Waals surface area (Å²) in [6, 6.07) is 9.95. The molecular weight excluding hydrogens is 308 g/mol. The predicted molar refractivity (Wildman–Crippen MR) is 93.8 cm³/mol. The zero-order chi connectivity index (χ0) is 16.2. The van der Waals surface area contributed by atoms with E-state index in [0.717, 1.165) is 21.6 Å². The van der Waals surface area contributed by atoms with Gasteiger partial charge in [0.2, 0.25) is 0 Å². The fraction of sp³-hybridized carbons (Fsp3) is 0.294. The number of carbonyl (C=O) groups excluding carboxylic acids is 1. The Morgan fingerprint density at radius 2 is 2.17 bits per heavy atom. The van der Waals surface area contributed by atoms with E-state index in [-0.39, 0.29) is 11.9 Å². The molecule has 3 aromatic rings. The molecule has 0 aliphatic heterocycles. The van der Waals surface area contributed by atoms with Gasteiger partial charge in [0.15, 0.2) is 0 Å². The van der Waals surface area contributed by atoms with E-state index >= 15 is 0 Å². The van der Waals surface area contributed by atoms with Gasteiger partial charge in [0.25, 0.3) is 0 Å². The zero-order valence-electron chi connectivity index (χ0n) is 13.2. The van der Waals surface area contributed by atoms with E-state index in [1.165, 1.54) is 4.88 Å². The fourth-order valence-corrected chi connectivity index (χ4v) is 3.23. The maximum Gasteiger partial charge on any atom is 0.315 e. The first kappa shape index (κ1) is 15.6. The second-order valence-corrected chi connectivity index (χ2v) is 6.92. The Balaban J connectivity index is 1.47. The highest BCUT2D eigenvalue weighted by Gasteiger charge is 2.11. The summed E-state index contributed by atoms with van der Waals surface area (Å²) < 4.78 is 0. The lowest BCUT2D eigenvalue weighted by Gasteiger charge is -2.10. The van der Waals surface area contributed by atoms with Crippen molar-refractivity contribution in [2.24, 2.45) is 0 Å². The van der Waals surface area contributed by atoms with Crippen LogP contribution in [0.3, 0.4) is 0 Å². The van der Waals surface area contributed by atoms with Gasteiger partial charge >= 0.3 is 6.03 Å². The number of aromatic amines is 1. The van der Waals surface area contributed by atoms with E-state index in [4.69, 9.17) is 0 Å². The van der Waals surface area contributed by atoms with E-state index in [1.807, 2.05) is 37.4 Å². The summed E-state index contributed by atoms with van der Waals surface area (Å²) in [6.07, 6.45) is 1.87. The monoisotopic (exact) mass is 328 g/mol. The van der Waals surface area contributed by atoms with E-state index in [1.54, 1.807) is 11.3 Å².